The molecular weight excluding hydrogens is 265 g/mol. The van der Waals surface area contributed by atoms with Crippen molar-refractivity contribution in [2.45, 2.75) is 6.54 Å². The van der Waals surface area contributed by atoms with E-state index in [0.717, 1.165) is 22.6 Å². The Labute approximate surface area is 114 Å². The van der Waals surface area contributed by atoms with E-state index in [1.807, 2.05) is 10.6 Å². The number of hydrogen-bond donors (Lipinski definition) is 1. The van der Waals surface area contributed by atoms with Crippen molar-refractivity contribution < 1.29 is 4.39 Å². The lowest BCUT2D eigenvalue weighted by Gasteiger charge is -2.02. The third-order valence-electron chi connectivity index (χ3n) is 3.00. The first-order chi connectivity index (χ1) is 9.19. The second-order valence-corrected chi connectivity index (χ2v) is 4.63. The van der Waals surface area contributed by atoms with Crippen LogP contribution in [0, 0.1) is 5.82 Å². The van der Waals surface area contributed by atoms with Gasteiger partial charge in [-0.1, -0.05) is 11.6 Å². The maximum absolute atomic E-state index is 13.0. The molecule has 0 atom stereocenters. The van der Waals surface area contributed by atoms with Crippen LogP contribution in [-0.2, 0) is 6.54 Å². The first kappa shape index (κ1) is 12.1. The monoisotopic (exact) mass is 275 g/mol. The molecule has 0 unspecified atom stereocenters. The number of nitrogens with zero attached hydrogens (tertiary/aromatic N) is 2. The van der Waals surface area contributed by atoms with E-state index in [1.165, 1.54) is 12.1 Å². The lowest BCUT2D eigenvalue weighted by atomic mass is 10.1. The van der Waals surface area contributed by atoms with E-state index in [9.17, 15) is 4.39 Å². The Morgan fingerprint density at radius 3 is 2.63 bits per heavy atom. The second kappa shape index (κ2) is 4.64. The molecular formula is C14H11ClFN3. The maximum atomic E-state index is 13.0. The molecule has 0 aliphatic heterocycles. The highest BCUT2D eigenvalue weighted by Gasteiger charge is 2.12. The highest BCUT2D eigenvalue weighted by atomic mass is 35.5. The molecule has 0 radical (unpaired) electrons. The average Bonchev–Trinajstić information content (AvgIpc) is 2.77. The summed E-state index contributed by atoms with van der Waals surface area (Å²) < 4.78 is 14.9. The number of pyridine rings is 1. The van der Waals surface area contributed by atoms with Gasteiger partial charge in [-0.25, -0.2) is 9.37 Å². The summed E-state index contributed by atoms with van der Waals surface area (Å²) in [5.41, 5.74) is 8.99. The molecule has 96 valence electrons. The minimum Gasteiger partial charge on any atom is -0.325 e. The summed E-state index contributed by atoms with van der Waals surface area (Å²) in [5, 5.41) is 0.617. The van der Waals surface area contributed by atoms with Crippen LogP contribution in [0.15, 0.2) is 42.6 Å². The molecule has 0 fully saturated rings. The minimum absolute atomic E-state index is 0.273. The molecule has 0 saturated carbocycles. The predicted molar refractivity (Wildman–Crippen MR) is 73.5 cm³/mol. The van der Waals surface area contributed by atoms with E-state index in [-0.39, 0.29) is 5.82 Å². The van der Waals surface area contributed by atoms with Crippen molar-refractivity contribution in [1.82, 2.24) is 9.38 Å². The van der Waals surface area contributed by atoms with Gasteiger partial charge in [-0.3, -0.25) is 0 Å². The number of rotatable bonds is 2. The molecule has 1 aromatic carbocycles. The molecule has 0 spiro atoms. The van der Waals surface area contributed by atoms with Gasteiger partial charge in [0.15, 0.2) is 0 Å². The summed E-state index contributed by atoms with van der Waals surface area (Å²) in [4.78, 5) is 4.52. The summed E-state index contributed by atoms with van der Waals surface area (Å²) in [6.45, 7) is 0.343. The van der Waals surface area contributed by atoms with E-state index in [2.05, 4.69) is 4.98 Å². The number of imidazole rings is 1. The number of hydrogen-bond acceptors (Lipinski definition) is 2. The highest BCUT2D eigenvalue weighted by molar-refractivity contribution is 6.30. The van der Waals surface area contributed by atoms with Gasteiger partial charge >= 0.3 is 0 Å². The molecule has 3 nitrogen and oxygen atoms in total. The maximum Gasteiger partial charge on any atom is 0.139 e. The standard InChI is InChI=1S/C14H11ClFN3/c15-10-5-6-19-12(8-17)14(18-13(19)7-10)9-1-3-11(16)4-2-9/h1-7H,8,17H2. The average molecular weight is 276 g/mol. The van der Waals surface area contributed by atoms with Crippen molar-refractivity contribution in [3.63, 3.8) is 0 Å². The highest BCUT2D eigenvalue weighted by Crippen LogP contribution is 2.25. The fourth-order valence-electron chi connectivity index (χ4n) is 2.10. The third kappa shape index (κ3) is 2.09. The van der Waals surface area contributed by atoms with E-state index < -0.39 is 0 Å². The lowest BCUT2D eigenvalue weighted by molar-refractivity contribution is 0.628. The van der Waals surface area contributed by atoms with Gasteiger partial charge in [-0.2, -0.15) is 0 Å². The summed E-state index contributed by atoms with van der Waals surface area (Å²) in [6.07, 6.45) is 1.83. The van der Waals surface area contributed by atoms with E-state index >= 15 is 0 Å². The molecule has 2 aromatic heterocycles. The Bertz CT molecular complexity index is 734. The van der Waals surface area contributed by atoms with Gasteiger partial charge in [0.1, 0.15) is 11.5 Å². The summed E-state index contributed by atoms with van der Waals surface area (Å²) >= 11 is 5.96. The summed E-state index contributed by atoms with van der Waals surface area (Å²) in [7, 11) is 0. The Morgan fingerprint density at radius 1 is 1.21 bits per heavy atom. The lowest BCUT2D eigenvalue weighted by Crippen LogP contribution is -2.02. The van der Waals surface area contributed by atoms with Gasteiger partial charge in [0, 0.05) is 29.4 Å². The van der Waals surface area contributed by atoms with Gasteiger partial charge in [-0.05, 0) is 30.3 Å². The van der Waals surface area contributed by atoms with Crippen molar-refractivity contribution >= 4 is 17.2 Å². The van der Waals surface area contributed by atoms with Gasteiger partial charge < -0.3 is 10.1 Å². The molecule has 3 aromatic rings. The Morgan fingerprint density at radius 2 is 1.95 bits per heavy atom. The molecule has 2 N–H and O–H groups in total. The number of benzene rings is 1. The fraction of sp³-hybridized carbons (Fsp3) is 0.0714. The first-order valence-corrected chi connectivity index (χ1v) is 6.19. The van der Waals surface area contributed by atoms with Crippen LogP contribution in [-0.4, -0.2) is 9.38 Å². The summed E-state index contributed by atoms with van der Waals surface area (Å²) in [5.74, 6) is -0.273. The normalized spacial score (nSPS) is 11.1. The molecule has 0 aliphatic rings. The quantitative estimate of drug-likeness (QED) is 0.780. The number of aromatic nitrogens is 2. The van der Waals surface area contributed by atoms with Crippen molar-refractivity contribution in [1.29, 1.82) is 0 Å². The number of fused-ring (bicyclic) bond motifs is 1. The molecule has 0 saturated heterocycles. The molecule has 0 bridgehead atoms. The molecule has 0 amide bonds. The molecule has 19 heavy (non-hydrogen) atoms. The zero-order chi connectivity index (χ0) is 13.4. The van der Waals surface area contributed by atoms with Crippen molar-refractivity contribution in [2.75, 3.05) is 0 Å². The van der Waals surface area contributed by atoms with Gasteiger partial charge in [0.2, 0.25) is 0 Å². The Kier molecular flexibility index (Phi) is 2.97. The van der Waals surface area contributed by atoms with Crippen LogP contribution in [0.2, 0.25) is 5.02 Å². The van der Waals surface area contributed by atoms with Crippen LogP contribution in [0.1, 0.15) is 5.69 Å². The minimum atomic E-state index is -0.273. The van der Waals surface area contributed by atoms with Crippen molar-refractivity contribution in [3.05, 3.63) is 59.1 Å². The zero-order valence-corrected chi connectivity index (χ0v) is 10.7. The smallest absolute Gasteiger partial charge is 0.139 e. The van der Waals surface area contributed by atoms with Crippen LogP contribution in [0.25, 0.3) is 16.9 Å². The SMILES string of the molecule is NCc1c(-c2ccc(F)cc2)nc2cc(Cl)ccn12. The molecule has 3 rings (SSSR count). The third-order valence-corrected chi connectivity index (χ3v) is 3.23. The summed E-state index contributed by atoms with van der Waals surface area (Å²) in [6, 6.07) is 9.76. The largest absolute Gasteiger partial charge is 0.325 e. The van der Waals surface area contributed by atoms with Gasteiger partial charge in [0.05, 0.1) is 11.4 Å². The first-order valence-electron chi connectivity index (χ1n) is 5.81. The van der Waals surface area contributed by atoms with Crippen molar-refractivity contribution in [2.24, 2.45) is 5.73 Å². The Hall–Kier alpha value is -1.91. The zero-order valence-electron chi connectivity index (χ0n) is 9.98. The van der Waals surface area contributed by atoms with E-state index in [4.69, 9.17) is 17.3 Å². The van der Waals surface area contributed by atoms with E-state index in [0.29, 0.717) is 11.6 Å². The Balaban J connectivity index is 2.25. The second-order valence-electron chi connectivity index (χ2n) is 4.19. The van der Waals surface area contributed by atoms with E-state index in [1.54, 1.807) is 24.3 Å². The van der Waals surface area contributed by atoms with Gasteiger partial charge in [-0.15, -0.1) is 0 Å². The topological polar surface area (TPSA) is 43.3 Å². The number of halogens is 2. The van der Waals surface area contributed by atoms with Crippen molar-refractivity contribution in [3.8, 4) is 11.3 Å². The van der Waals surface area contributed by atoms with Crippen LogP contribution in [0.5, 0.6) is 0 Å². The fourth-order valence-corrected chi connectivity index (χ4v) is 2.26. The predicted octanol–water partition coefficient (Wildman–Crippen LogP) is 3.25. The number of nitrogens with two attached hydrogens (primary N) is 1. The molecule has 2 heterocycles. The molecule has 0 aliphatic carbocycles. The van der Waals surface area contributed by atoms with Crippen LogP contribution >= 0.6 is 11.6 Å². The van der Waals surface area contributed by atoms with Crippen LogP contribution in [0.3, 0.4) is 0 Å². The van der Waals surface area contributed by atoms with Crippen LogP contribution < -0.4 is 5.73 Å². The van der Waals surface area contributed by atoms with Crippen LogP contribution in [0.4, 0.5) is 4.39 Å². The van der Waals surface area contributed by atoms with Gasteiger partial charge in [0.25, 0.3) is 0 Å². The molecule has 5 heteroatoms.